The number of nitrogens with zero attached hydrogens (tertiary/aromatic N) is 1. The highest BCUT2D eigenvalue weighted by molar-refractivity contribution is 6.30. The maximum atomic E-state index is 12.2. The number of halogens is 1. The average molecular weight is 311 g/mol. The van der Waals surface area contributed by atoms with Gasteiger partial charge in [-0.05, 0) is 38.0 Å². The van der Waals surface area contributed by atoms with Crippen molar-refractivity contribution in [2.24, 2.45) is 5.41 Å². The number of carbonyl (C=O) groups is 2. The predicted molar refractivity (Wildman–Crippen MR) is 80.3 cm³/mol. The lowest BCUT2D eigenvalue weighted by Crippen LogP contribution is -2.41. The van der Waals surface area contributed by atoms with Gasteiger partial charge in [0.15, 0.2) is 0 Å². The van der Waals surface area contributed by atoms with Gasteiger partial charge >= 0.3 is 12.0 Å². The monoisotopic (exact) mass is 310 g/mol. The summed E-state index contributed by atoms with van der Waals surface area (Å²) < 4.78 is 0. The van der Waals surface area contributed by atoms with E-state index in [1.807, 2.05) is 19.1 Å². The van der Waals surface area contributed by atoms with E-state index in [4.69, 9.17) is 11.6 Å². The lowest BCUT2D eigenvalue weighted by molar-refractivity contribution is -0.146. The fraction of sp³-hybridized carbons (Fsp3) is 0.467. The molecule has 1 aliphatic rings. The van der Waals surface area contributed by atoms with Gasteiger partial charge in [0.2, 0.25) is 0 Å². The fourth-order valence-electron chi connectivity index (χ4n) is 2.42. The zero-order valence-corrected chi connectivity index (χ0v) is 12.9. The molecule has 0 radical (unpaired) electrons. The molecule has 5 nitrogen and oxygen atoms in total. The van der Waals surface area contributed by atoms with Crippen LogP contribution in [0.4, 0.5) is 4.79 Å². The molecule has 6 heteroatoms. The Morgan fingerprint density at radius 2 is 2.00 bits per heavy atom. The van der Waals surface area contributed by atoms with E-state index in [1.54, 1.807) is 24.0 Å². The number of hydrogen-bond acceptors (Lipinski definition) is 2. The van der Waals surface area contributed by atoms with Gasteiger partial charge in [0, 0.05) is 18.1 Å². The van der Waals surface area contributed by atoms with Gasteiger partial charge in [0.05, 0.1) is 11.5 Å². The summed E-state index contributed by atoms with van der Waals surface area (Å²) in [4.78, 5) is 25.0. The minimum Gasteiger partial charge on any atom is -0.481 e. The quantitative estimate of drug-likeness (QED) is 0.902. The number of urea groups is 1. The molecule has 0 bridgehead atoms. The Hall–Kier alpha value is -1.75. The van der Waals surface area contributed by atoms with Gasteiger partial charge in [0.1, 0.15) is 0 Å². The van der Waals surface area contributed by atoms with Crippen molar-refractivity contribution in [1.29, 1.82) is 0 Å². The van der Waals surface area contributed by atoms with Gasteiger partial charge in [-0.1, -0.05) is 23.7 Å². The molecule has 1 aromatic rings. The van der Waals surface area contributed by atoms with E-state index in [0.29, 0.717) is 18.0 Å². The van der Waals surface area contributed by atoms with Crippen LogP contribution in [-0.4, -0.2) is 35.1 Å². The highest BCUT2D eigenvalue weighted by Gasteiger charge is 2.42. The number of nitrogens with one attached hydrogen (secondary N) is 1. The van der Waals surface area contributed by atoms with Crippen LogP contribution >= 0.6 is 11.6 Å². The SMILES string of the molecule is C[C@H](NC(=O)N1CCC(C)(C(=O)O)C1)c1ccc(Cl)cc1. The van der Waals surface area contributed by atoms with Gasteiger partial charge in [0.25, 0.3) is 0 Å². The largest absolute Gasteiger partial charge is 0.481 e. The molecule has 0 spiro atoms. The Kier molecular flexibility index (Phi) is 4.42. The van der Waals surface area contributed by atoms with E-state index < -0.39 is 11.4 Å². The van der Waals surface area contributed by atoms with Crippen molar-refractivity contribution < 1.29 is 14.7 Å². The third kappa shape index (κ3) is 3.47. The Bertz CT molecular complexity index is 546. The second-order valence-corrected chi connectivity index (χ2v) is 6.20. The van der Waals surface area contributed by atoms with Crippen LogP contribution in [0.25, 0.3) is 0 Å². The molecule has 1 heterocycles. The Labute approximate surface area is 128 Å². The molecule has 1 saturated heterocycles. The first-order chi connectivity index (χ1) is 9.82. The lowest BCUT2D eigenvalue weighted by Gasteiger charge is -2.23. The van der Waals surface area contributed by atoms with Gasteiger partial charge in [-0.25, -0.2) is 4.79 Å². The summed E-state index contributed by atoms with van der Waals surface area (Å²) in [5, 5.41) is 12.7. The van der Waals surface area contributed by atoms with Crippen LogP contribution in [0.3, 0.4) is 0 Å². The van der Waals surface area contributed by atoms with Crippen molar-refractivity contribution in [2.45, 2.75) is 26.3 Å². The topological polar surface area (TPSA) is 69.6 Å². The Morgan fingerprint density at radius 1 is 1.38 bits per heavy atom. The fourth-order valence-corrected chi connectivity index (χ4v) is 2.55. The number of benzene rings is 1. The third-order valence-corrected chi connectivity index (χ3v) is 4.24. The lowest BCUT2D eigenvalue weighted by atomic mass is 9.90. The summed E-state index contributed by atoms with van der Waals surface area (Å²) in [7, 11) is 0. The van der Waals surface area contributed by atoms with Crippen molar-refractivity contribution in [1.82, 2.24) is 10.2 Å². The van der Waals surface area contributed by atoms with Crippen molar-refractivity contribution in [3.63, 3.8) is 0 Å². The van der Waals surface area contributed by atoms with E-state index in [-0.39, 0.29) is 18.6 Å². The van der Waals surface area contributed by atoms with Crippen molar-refractivity contribution in [2.75, 3.05) is 13.1 Å². The summed E-state index contributed by atoms with van der Waals surface area (Å²) >= 11 is 5.84. The molecule has 21 heavy (non-hydrogen) atoms. The van der Waals surface area contributed by atoms with Crippen LogP contribution in [0.2, 0.25) is 5.02 Å². The highest BCUT2D eigenvalue weighted by Crippen LogP contribution is 2.30. The molecule has 0 aliphatic carbocycles. The number of likely N-dealkylation sites (tertiary alicyclic amines) is 1. The van der Waals surface area contributed by atoms with Gasteiger partial charge in [-0.15, -0.1) is 0 Å². The maximum absolute atomic E-state index is 12.2. The van der Waals surface area contributed by atoms with Crippen LogP contribution in [0.5, 0.6) is 0 Å². The van der Waals surface area contributed by atoms with Crippen LogP contribution < -0.4 is 5.32 Å². The zero-order chi connectivity index (χ0) is 15.6. The molecule has 0 saturated carbocycles. The van der Waals surface area contributed by atoms with Crippen LogP contribution in [-0.2, 0) is 4.79 Å². The molecule has 1 aliphatic heterocycles. The summed E-state index contributed by atoms with van der Waals surface area (Å²) in [6, 6.07) is 6.87. The van der Waals surface area contributed by atoms with Gasteiger partial charge in [-0.2, -0.15) is 0 Å². The predicted octanol–water partition coefficient (Wildman–Crippen LogP) is 2.91. The van der Waals surface area contributed by atoms with Gasteiger partial charge < -0.3 is 15.3 Å². The summed E-state index contributed by atoms with van der Waals surface area (Å²) in [6.07, 6.45) is 0.477. The van der Waals surface area contributed by atoms with Crippen molar-refractivity contribution in [3.05, 3.63) is 34.9 Å². The zero-order valence-electron chi connectivity index (χ0n) is 12.1. The van der Waals surface area contributed by atoms with Crippen LogP contribution in [0.15, 0.2) is 24.3 Å². The molecule has 0 aromatic heterocycles. The molecular formula is C15H19ClN2O3. The van der Waals surface area contributed by atoms with Crippen molar-refractivity contribution in [3.8, 4) is 0 Å². The number of carbonyl (C=O) groups excluding carboxylic acids is 1. The summed E-state index contributed by atoms with van der Waals surface area (Å²) in [5.74, 6) is -0.858. The van der Waals surface area contributed by atoms with Crippen LogP contribution in [0, 0.1) is 5.41 Å². The molecule has 114 valence electrons. The minimum atomic E-state index is -0.858. The Morgan fingerprint density at radius 3 is 2.52 bits per heavy atom. The molecule has 2 amide bonds. The minimum absolute atomic E-state index is 0.161. The second-order valence-electron chi connectivity index (χ2n) is 5.76. The number of carboxylic acid groups (broad SMARTS) is 1. The van der Waals surface area contributed by atoms with E-state index in [2.05, 4.69) is 5.32 Å². The third-order valence-electron chi connectivity index (χ3n) is 3.99. The maximum Gasteiger partial charge on any atom is 0.317 e. The van der Waals surface area contributed by atoms with E-state index in [9.17, 15) is 14.7 Å². The molecule has 2 N–H and O–H groups in total. The smallest absolute Gasteiger partial charge is 0.317 e. The summed E-state index contributed by atoms with van der Waals surface area (Å²) in [6.45, 7) is 4.25. The number of aliphatic carboxylic acids is 1. The first-order valence-corrected chi connectivity index (χ1v) is 7.24. The highest BCUT2D eigenvalue weighted by atomic mass is 35.5. The molecule has 1 fully saturated rings. The second kappa shape index (κ2) is 5.93. The average Bonchev–Trinajstić information content (AvgIpc) is 2.83. The first kappa shape index (κ1) is 15.6. The number of rotatable bonds is 3. The standard InChI is InChI=1S/C15H19ClN2O3/c1-10(11-3-5-12(16)6-4-11)17-14(21)18-8-7-15(2,9-18)13(19)20/h3-6,10H,7-9H2,1-2H3,(H,17,21)(H,19,20)/t10-,15?/m0/s1. The Balaban J connectivity index is 1.96. The molecule has 1 aromatic carbocycles. The first-order valence-electron chi connectivity index (χ1n) is 6.86. The van der Waals surface area contributed by atoms with Gasteiger partial charge in [-0.3, -0.25) is 4.79 Å². The van der Waals surface area contributed by atoms with E-state index in [0.717, 1.165) is 5.56 Å². The molecular weight excluding hydrogens is 292 g/mol. The van der Waals surface area contributed by atoms with E-state index >= 15 is 0 Å². The van der Waals surface area contributed by atoms with E-state index in [1.165, 1.54) is 0 Å². The molecule has 2 rings (SSSR count). The van der Waals surface area contributed by atoms with Crippen LogP contribution in [0.1, 0.15) is 31.9 Å². The van der Waals surface area contributed by atoms with Crippen molar-refractivity contribution >= 4 is 23.6 Å². The molecule has 2 atom stereocenters. The normalized spacial score (nSPS) is 22.9. The number of carboxylic acids is 1. The molecule has 1 unspecified atom stereocenters. The summed E-state index contributed by atoms with van der Waals surface area (Å²) in [5.41, 5.74) is 0.105. The number of amides is 2. The number of hydrogen-bond donors (Lipinski definition) is 2.